The third-order valence-electron chi connectivity index (χ3n) is 5.73. The Bertz CT molecular complexity index is 711. The lowest BCUT2D eigenvalue weighted by Gasteiger charge is -2.29. The predicted octanol–water partition coefficient (Wildman–Crippen LogP) is 4.26. The van der Waals surface area contributed by atoms with Crippen LogP contribution in [0.5, 0.6) is 0 Å². The minimum Gasteiger partial charge on any atom is -0.337 e. The largest absolute Gasteiger partial charge is 0.337 e. The molecule has 2 fully saturated rings. The van der Waals surface area contributed by atoms with Gasteiger partial charge < -0.3 is 9.42 Å². The van der Waals surface area contributed by atoms with E-state index in [4.69, 9.17) is 16.1 Å². The van der Waals surface area contributed by atoms with Gasteiger partial charge >= 0.3 is 0 Å². The summed E-state index contributed by atoms with van der Waals surface area (Å²) in [5, 5.41) is 4.87. The van der Waals surface area contributed by atoms with E-state index in [0.29, 0.717) is 16.7 Å². The van der Waals surface area contributed by atoms with Gasteiger partial charge in [0.25, 0.3) is 0 Å². The van der Waals surface area contributed by atoms with Crippen LogP contribution in [0.15, 0.2) is 28.8 Å². The molecule has 2 atom stereocenters. The smallest absolute Gasteiger partial charge is 0.244 e. The summed E-state index contributed by atoms with van der Waals surface area (Å²) >= 11 is 5.95. The van der Waals surface area contributed by atoms with Crippen LogP contribution in [0.1, 0.15) is 44.5 Å². The highest BCUT2D eigenvalue weighted by molar-refractivity contribution is 6.30. The molecule has 2 aliphatic rings. The molecule has 6 heteroatoms. The van der Waals surface area contributed by atoms with Gasteiger partial charge in [-0.05, 0) is 76.0 Å². The third kappa shape index (κ3) is 4.11. The van der Waals surface area contributed by atoms with Crippen molar-refractivity contribution in [2.24, 2.45) is 5.92 Å². The summed E-state index contributed by atoms with van der Waals surface area (Å²) < 4.78 is 5.56. The Morgan fingerprint density at radius 1 is 1.15 bits per heavy atom. The van der Waals surface area contributed by atoms with Crippen LogP contribution in [-0.2, 0) is 0 Å². The predicted molar refractivity (Wildman–Crippen MR) is 103 cm³/mol. The Morgan fingerprint density at radius 2 is 1.92 bits per heavy atom. The Hall–Kier alpha value is -1.43. The lowest BCUT2D eigenvalue weighted by molar-refractivity contribution is 0.175. The van der Waals surface area contributed by atoms with E-state index in [2.05, 4.69) is 26.9 Å². The van der Waals surface area contributed by atoms with Gasteiger partial charge in [0.2, 0.25) is 11.7 Å². The van der Waals surface area contributed by atoms with Gasteiger partial charge in [-0.1, -0.05) is 23.2 Å². The number of nitrogens with zero attached hydrogens (tertiary/aromatic N) is 4. The number of benzene rings is 1. The Balaban J connectivity index is 1.36. The van der Waals surface area contributed by atoms with E-state index in [0.717, 1.165) is 24.6 Å². The second kappa shape index (κ2) is 8.07. The van der Waals surface area contributed by atoms with E-state index >= 15 is 0 Å². The van der Waals surface area contributed by atoms with E-state index in [1.54, 1.807) is 0 Å². The van der Waals surface area contributed by atoms with Crippen molar-refractivity contribution >= 4 is 11.6 Å². The van der Waals surface area contributed by atoms with Crippen LogP contribution in [0.2, 0.25) is 5.02 Å². The molecule has 0 radical (unpaired) electrons. The number of likely N-dealkylation sites (tertiary alicyclic amines) is 2. The molecular formula is C20H27ClN4O. The number of hydrogen-bond acceptors (Lipinski definition) is 5. The molecule has 0 aliphatic carbocycles. The Labute approximate surface area is 160 Å². The zero-order valence-electron chi connectivity index (χ0n) is 15.4. The van der Waals surface area contributed by atoms with Crippen LogP contribution in [0, 0.1) is 5.92 Å². The lowest BCUT2D eigenvalue weighted by atomic mass is 10.1. The summed E-state index contributed by atoms with van der Waals surface area (Å²) in [6.07, 6.45) is 5.39. The molecule has 1 aromatic heterocycles. The number of piperidine rings is 1. The fraction of sp³-hybridized carbons (Fsp3) is 0.600. The van der Waals surface area contributed by atoms with Crippen molar-refractivity contribution in [1.29, 1.82) is 0 Å². The standard InChI is InChI=1S/C20H27ClN4O/c1-15(20-22-19(23-26-20)17-5-7-18(21)8-6-17)25-12-9-16(14-25)13-24-10-3-2-4-11-24/h5-8,15-16H,2-4,9-14H2,1H3. The molecule has 0 spiro atoms. The number of hydrogen-bond donors (Lipinski definition) is 0. The van der Waals surface area contributed by atoms with E-state index in [-0.39, 0.29) is 6.04 Å². The average Bonchev–Trinajstić information content (AvgIpc) is 3.33. The van der Waals surface area contributed by atoms with Crippen LogP contribution in [0.4, 0.5) is 0 Å². The van der Waals surface area contributed by atoms with Crippen LogP contribution >= 0.6 is 11.6 Å². The molecule has 2 aromatic rings. The van der Waals surface area contributed by atoms with E-state index in [1.807, 2.05) is 24.3 Å². The van der Waals surface area contributed by atoms with E-state index in [9.17, 15) is 0 Å². The van der Waals surface area contributed by atoms with Crippen LogP contribution in [0.3, 0.4) is 0 Å². The molecule has 4 rings (SSSR count). The number of rotatable bonds is 5. The fourth-order valence-corrected chi connectivity index (χ4v) is 4.27. The minimum absolute atomic E-state index is 0.162. The summed E-state index contributed by atoms with van der Waals surface area (Å²) in [5.41, 5.74) is 0.931. The van der Waals surface area contributed by atoms with Crippen molar-refractivity contribution in [2.75, 3.05) is 32.7 Å². The molecule has 26 heavy (non-hydrogen) atoms. The van der Waals surface area contributed by atoms with Gasteiger partial charge in [-0.3, -0.25) is 4.90 Å². The van der Waals surface area contributed by atoms with Gasteiger partial charge in [-0.15, -0.1) is 0 Å². The summed E-state index contributed by atoms with van der Waals surface area (Å²) in [7, 11) is 0. The minimum atomic E-state index is 0.162. The first-order valence-corrected chi connectivity index (χ1v) is 10.1. The third-order valence-corrected chi connectivity index (χ3v) is 5.98. The molecule has 0 saturated carbocycles. The maximum absolute atomic E-state index is 5.95. The Kier molecular flexibility index (Phi) is 5.57. The van der Waals surface area contributed by atoms with E-state index in [1.165, 1.54) is 45.3 Å². The maximum Gasteiger partial charge on any atom is 0.244 e. The second-order valence-corrected chi connectivity index (χ2v) is 8.09. The average molecular weight is 375 g/mol. The van der Waals surface area contributed by atoms with Crippen molar-refractivity contribution in [3.63, 3.8) is 0 Å². The first-order chi connectivity index (χ1) is 12.7. The van der Waals surface area contributed by atoms with Crippen LogP contribution in [0.25, 0.3) is 11.4 Å². The summed E-state index contributed by atoms with van der Waals surface area (Å²) in [6.45, 7) is 8.19. The normalized spacial score (nSPS) is 23.4. The van der Waals surface area contributed by atoms with Gasteiger partial charge in [0.15, 0.2) is 0 Å². The molecule has 3 heterocycles. The molecule has 0 amide bonds. The number of halogens is 1. The quantitative estimate of drug-likeness (QED) is 0.782. The van der Waals surface area contributed by atoms with Crippen molar-refractivity contribution < 1.29 is 4.52 Å². The fourth-order valence-electron chi connectivity index (χ4n) is 4.15. The van der Waals surface area contributed by atoms with Gasteiger partial charge in [-0.2, -0.15) is 4.98 Å². The van der Waals surface area contributed by atoms with Gasteiger partial charge in [0, 0.05) is 23.7 Å². The van der Waals surface area contributed by atoms with Crippen molar-refractivity contribution in [2.45, 2.75) is 38.6 Å². The molecule has 2 saturated heterocycles. The molecule has 5 nitrogen and oxygen atoms in total. The highest BCUT2D eigenvalue weighted by atomic mass is 35.5. The molecule has 0 N–H and O–H groups in total. The molecule has 140 valence electrons. The summed E-state index contributed by atoms with van der Waals surface area (Å²) in [4.78, 5) is 9.75. The Morgan fingerprint density at radius 3 is 2.69 bits per heavy atom. The van der Waals surface area contributed by atoms with Crippen LogP contribution in [-0.4, -0.2) is 52.7 Å². The van der Waals surface area contributed by atoms with Crippen LogP contribution < -0.4 is 0 Å². The zero-order valence-corrected chi connectivity index (χ0v) is 16.2. The topological polar surface area (TPSA) is 45.4 Å². The van der Waals surface area contributed by atoms with Gasteiger partial charge in [-0.25, -0.2) is 0 Å². The lowest BCUT2D eigenvalue weighted by Crippen LogP contribution is -2.35. The first-order valence-electron chi connectivity index (χ1n) is 9.75. The highest BCUT2D eigenvalue weighted by Crippen LogP contribution is 2.29. The second-order valence-electron chi connectivity index (χ2n) is 7.65. The summed E-state index contributed by atoms with van der Waals surface area (Å²) in [5.74, 6) is 2.09. The molecule has 2 unspecified atom stereocenters. The SMILES string of the molecule is CC(c1nc(-c2ccc(Cl)cc2)no1)N1CCC(CN2CCCCC2)C1. The zero-order chi connectivity index (χ0) is 17.9. The first kappa shape index (κ1) is 18.0. The van der Waals surface area contributed by atoms with Crippen molar-refractivity contribution in [3.05, 3.63) is 35.2 Å². The monoisotopic (exact) mass is 374 g/mol. The maximum atomic E-state index is 5.95. The highest BCUT2D eigenvalue weighted by Gasteiger charge is 2.30. The molecule has 2 aliphatic heterocycles. The van der Waals surface area contributed by atoms with Crippen molar-refractivity contribution in [1.82, 2.24) is 19.9 Å². The molecule has 1 aromatic carbocycles. The molecule has 0 bridgehead atoms. The van der Waals surface area contributed by atoms with E-state index < -0.39 is 0 Å². The number of aromatic nitrogens is 2. The van der Waals surface area contributed by atoms with Gasteiger partial charge in [0.05, 0.1) is 6.04 Å². The molecular weight excluding hydrogens is 348 g/mol. The summed E-state index contributed by atoms with van der Waals surface area (Å²) in [6, 6.07) is 7.71. The van der Waals surface area contributed by atoms with Crippen molar-refractivity contribution in [3.8, 4) is 11.4 Å². The van der Waals surface area contributed by atoms with Gasteiger partial charge in [0.1, 0.15) is 0 Å².